The first-order chi connectivity index (χ1) is 6.02. The monoisotopic (exact) mass is 184 g/mol. The summed E-state index contributed by atoms with van der Waals surface area (Å²) in [6.45, 7) is 6.26. The molecular formula is C11H20O2. The fourth-order valence-corrected chi connectivity index (χ4v) is 1.10. The molecule has 2 heteroatoms. The molecule has 0 aliphatic rings. The maximum absolute atomic E-state index is 8.52. The van der Waals surface area contributed by atoms with Crippen LogP contribution in [0.1, 0.15) is 27.2 Å². The Balaban J connectivity index is 4.06. The molecule has 0 aromatic carbocycles. The predicted octanol–water partition coefficient (Wildman–Crippen LogP) is 2.30. The van der Waals surface area contributed by atoms with Crippen molar-refractivity contribution in [3.8, 4) is 0 Å². The summed E-state index contributed by atoms with van der Waals surface area (Å²) >= 11 is 0. The zero-order valence-electron chi connectivity index (χ0n) is 9.00. The van der Waals surface area contributed by atoms with Crippen molar-refractivity contribution in [3.63, 3.8) is 0 Å². The van der Waals surface area contributed by atoms with E-state index in [2.05, 4.69) is 20.8 Å². The summed E-state index contributed by atoms with van der Waals surface area (Å²) in [6.07, 6.45) is 6.47. The fraction of sp³-hybridized carbons (Fsp3) is 0.636. The third-order valence-electron chi connectivity index (χ3n) is 1.88. The molecule has 0 saturated heterocycles. The van der Waals surface area contributed by atoms with Gasteiger partial charge < -0.3 is 9.84 Å². The Morgan fingerprint density at radius 3 is 2.54 bits per heavy atom. The van der Waals surface area contributed by atoms with Gasteiger partial charge in [-0.2, -0.15) is 0 Å². The van der Waals surface area contributed by atoms with Gasteiger partial charge in [0.15, 0.2) is 0 Å². The second-order valence-corrected chi connectivity index (χ2v) is 3.76. The molecule has 0 spiro atoms. The molecule has 76 valence electrons. The largest absolute Gasteiger partial charge is 0.392 e. The Morgan fingerprint density at radius 1 is 1.46 bits per heavy atom. The van der Waals surface area contributed by atoms with Gasteiger partial charge in [-0.15, -0.1) is 0 Å². The minimum absolute atomic E-state index is 0.0947. The average Bonchev–Trinajstić information content (AvgIpc) is 2.04. The first-order valence-corrected chi connectivity index (χ1v) is 4.50. The fourth-order valence-electron chi connectivity index (χ4n) is 1.10. The Morgan fingerprint density at radius 2 is 2.08 bits per heavy atom. The van der Waals surface area contributed by atoms with E-state index in [9.17, 15) is 0 Å². The highest BCUT2D eigenvalue weighted by molar-refractivity contribution is 5.12. The summed E-state index contributed by atoms with van der Waals surface area (Å²) in [5.74, 6) is 0. The second kappa shape index (κ2) is 5.95. The summed E-state index contributed by atoms with van der Waals surface area (Å²) in [5.41, 5.74) is 1.14. The summed E-state index contributed by atoms with van der Waals surface area (Å²) in [7, 11) is 1.72. The minimum Gasteiger partial charge on any atom is -0.392 e. The molecule has 2 nitrogen and oxygen atoms in total. The Hall–Kier alpha value is -0.600. The van der Waals surface area contributed by atoms with Gasteiger partial charge in [-0.25, -0.2) is 0 Å². The molecule has 0 aliphatic carbocycles. The maximum atomic E-state index is 8.52. The molecule has 0 fully saturated rings. The van der Waals surface area contributed by atoms with Crippen molar-refractivity contribution in [1.29, 1.82) is 0 Å². The van der Waals surface area contributed by atoms with Crippen LogP contribution in [0.4, 0.5) is 0 Å². The van der Waals surface area contributed by atoms with Crippen LogP contribution in [-0.2, 0) is 4.74 Å². The first kappa shape index (κ1) is 12.4. The van der Waals surface area contributed by atoms with Crippen molar-refractivity contribution in [2.75, 3.05) is 13.7 Å². The minimum atomic E-state index is -0.104. The highest BCUT2D eigenvalue weighted by Gasteiger charge is 2.15. The molecule has 0 aromatic rings. The van der Waals surface area contributed by atoms with Crippen LogP contribution in [-0.4, -0.2) is 24.4 Å². The molecule has 0 heterocycles. The number of rotatable bonds is 5. The Bertz CT molecular complexity index is 190. The van der Waals surface area contributed by atoms with Crippen molar-refractivity contribution < 1.29 is 9.84 Å². The number of allylic oxidation sites excluding steroid dienone is 2. The number of hydrogen-bond donors (Lipinski definition) is 1. The zero-order valence-corrected chi connectivity index (χ0v) is 9.00. The average molecular weight is 184 g/mol. The summed E-state index contributed by atoms with van der Waals surface area (Å²) in [5, 5.41) is 8.52. The Labute approximate surface area is 80.9 Å². The van der Waals surface area contributed by atoms with Crippen LogP contribution in [0.2, 0.25) is 0 Å². The van der Waals surface area contributed by atoms with Gasteiger partial charge in [0, 0.05) is 7.11 Å². The van der Waals surface area contributed by atoms with Gasteiger partial charge in [-0.3, -0.25) is 0 Å². The van der Waals surface area contributed by atoms with Crippen molar-refractivity contribution in [3.05, 3.63) is 23.8 Å². The molecular weight excluding hydrogens is 164 g/mol. The van der Waals surface area contributed by atoms with E-state index in [1.165, 1.54) is 5.57 Å². The molecule has 0 rings (SSSR count). The molecule has 13 heavy (non-hydrogen) atoms. The number of aliphatic hydroxyl groups is 1. The molecule has 0 saturated carbocycles. The number of aliphatic hydroxyl groups excluding tert-OH is 1. The van der Waals surface area contributed by atoms with Gasteiger partial charge in [0.25, 0.3) is 0 Å². The van der Waals surface area contributed by atoms with E-state index in [1.54, 1.807) is 13.2 Å². The van der Waals surface area contributed by atoms with Crippen LogP contribution in [0, 0.1) is 0 Å². The molecule has 0 atom stereocenters. The number of hydrogen-bond acceptors (Lipinski definition) is 2. The van der Waals surface area contributed by atoms with E-state index < -0.39 is 0 Å². The van der Waals surface area contributed by atoms with Gasteiger partial charge in [-0.1, -0.05) is 23.8 Å². The lowest BCUT2D eigenvalue weighted by Crippen LogP contribution is -2.22. The molecule has 0 amide bonds. The lowest BCUT2D eigenvalue weighted by Gasteiger charge is -2.22. The van der Waals surface area contributed by atoms with Crippen molar-refractivity contribution in [2.45, 2.75) is 32.8 Å². The molecule has 0 unspecified atom stereocenters. The van der Waals surface area contributed by atoms with E-state index in [4.69, 9.17) is 9.84 Å². The maximum Gasteiger partial charge on any atom is 0.0659 e. The molecule has 0 bridgehead atoms. The standard InChI is InChI=1S/C11H20O2/c1-10(7-5-6-8-12)9-11(2,3)13-4/h5-7,12H,8-9H2,1-4H3. The van der Waals surface area contributed by atoms with E-state index in [0.717, 1.165) is 6.42 Å². The van der Waals surface area contributed by atoms with Gasteiger partial charge in [0.2, 0.25) is 0 Å². The van der Waals surface area contributed by atoms with Crippen LogP contribution in [0.25, 0.3) is 0 Å². The second-order valence-electron chi connectivity index (χ2n) is 3.76. The van der Waals surface area contributed by atoms with Crippen LogP contribution in [0.15, 0.2) is 23.8 Å². The van der Waals surface area contributed by atoms with Crippen LogP contribution >= 0.6 is 0 Å². The summed E-state index contributed by atoms with van der Waals surface area (Å²) in [4.78, 5) is 0. The van der Waals surface area contributed by atoms with E-state index in [0.29, 0.717) is 0 Å². The van der Waals surface area contributed by atoms with Crippen LogP contribution < -0.4 is 0 Å². The number of methoxy groups -OCH3 is 1. The SMILES string of the molecule is COC(C)(C)CC(C)=CC=CCO. The normalized spacial score (nSPS) is 14.1. The van der Waals surface area contributed by atoms with Gasteiger partial charge in [-0.05, 0) is 27.2 Å². The quantitative estimate of drug-likeness (QED) is 0.664. The molecule has 1 N–H and O–H groups in total. The summed E-state index contributed by atoms with van der Waals surface area (Å²) < 4.78 is 5.30. The van der Waals surface area contributed by atoms with Gasteiger partial charge in [0.05, 0.1) is 12.2 Å². The first-order valence-electron chi connectivity index (χ1n) is 4.50. The van der Waals surface area contributed by atoms with E-state index >= 15 is 0 Å². The lowest BCUT2D eigenvalue weighted by atomic mass is 9.99. The Kier molecular flexibility index (Phi) is 5.67. The molecule has 0 aromatic heterocycles. The van der Waals surface area contributed by atoms with Crippen LogP contribution in [0.5, 0.6) is 0 Å². The van der Waals surface area contributed by atoms with E-state index in [1.807, 2.05) is 12.2 Å². The van der Waals surface area contributed by atoms with Crippen molar-refractivity contribution in [2.24, 2.45) is 0 Å². The van der Waals surface area contributed by atoms with Gasteiger partial charge >= 0.3 is 0 Å². The van der Waals surface area contributed by atoms with Crippen molar-refractivity contribution >= 4 is 0 Å². The highest BCUT2D eigenvalue weighted by atomic mass is 16.5. The van der Waals surface area contributed by atoms with Crippen molar-refractivity contribution in [1.82, 2.24) is 0 Å². The number of ether oxygens (including phenoxy) is 1. The third kappa shape index (κ3) is 6.55. The highest BCUT2D eigenvalue weighted by Crippen LogP contribution is 2.18. The topological polar surface area (TPSA) is 29.5 Å². The zero-order chi connectivity index (χ0) is 10.3. The smallest absolute Gasteiger partial charge is 0.0659 e. The molecule has 0 aliphatic heterocycles. The lowest BCUT2D eigenvalue weighted by molar-refractivity contribution is 0.0233. The predicted molar refractivity (Wildman–Crippen MR) is 55.7 cm³/mol. The van der Waals surface area contributed by atoms with Crippen LogP contribution in [0.3, 0.4) is 0 Å². The third-order valence-corrected chi connectivity index (χ3v) is 1.88. The van der Waals surface area contributed by atoms with E-state index in [-0.39, 0.29) is 12.2 Å². The molecule has 0 radical (unpaired) electrons. The van der Waals surface area contributed by atoms with Gasteiger partial charge in [0.1, 0.15) is 0 Å². The summed E-state index contributed by atoms with van der Waals surface area (Å²) in [6, 6.07) is 0.